The first-order valence-corrected chi connectivity index (χ1v) is 12.0. The number of carboxylic acid groups (broad SMARTS) is 1. The SMILES string of the molecule is CC1(C)CC(C(CCCOC(=O)CC(=O)O)C2CC(C)(C)NC(C)(C)C2)CC(C)(C)N1. The highest BCUT2D eigenvalue weighted by Crippen LogP contribution is 2.47. The zero-order valence-electron chi connectivity index (χ0n) is 21.1. The highest BCUT2D eigenvalue weighted by atomic mass is 16.5. The Balaban J connectivity index is 2.15. The molecular weight excluding hydrogens is 392 g/mol. The predicted molar refractivity (Wildman–Crippen MR) is 124 cm³/mol. The van der Waals surface area contributed by atoms with Crippen molar-refractivity contribution in [2.24, 2.45) is 17.8 Å². The number of rotatable bonds is 8. The maximum atomic E-state index is 11.6. The molecule has 2 fully saturated rings. The number of ether oxygens (including phenoxy) is 1. The number of esters is 1. The summed E-state index contributed by atoms with van der Waals surface area (Å²) in [6.07, 6.45) is 5.81. The summed E-state index contributed by atoms with van der Waals surface area (Å²) in [6, 6.07) is 0. The zero-order valence-corrected chi connectivity index (χ0v) is 21.1. The molecule has 2 rings (SSSR count). The Bertz CT molecular complexity index is 584. The van der Waals surface area contributed by atoms with Crippen molar-refractivity contribution in [2.75, 3.05) is 6.61 Å². The van der Waals surface area contributed by atoms with Gasteiger partial charge in [0.05, 0.1) is 6.61 Å². The molecule has 0 radical (unpaired) electrons. The highest BCUT2D eigenvalue weighted by molar-refractivity contribution is 5.90. The van der Waals surface area contributed by atoms with Crippen LogP contribution in [-0.4, -0.2) is 45.8 Å². The number of hydrogen-bond donors (Lipinski definition) is 3. The lowest BCUT2D eigenvalue weighted by atomic mass is 9.61. The van der Waals surface area contributed by atoms with Gasteiger partial charge in [0.25, 0.3) is 0 Å². The van der Waals surface area contributed by atoms with E-state index in [0.717, 1.165) is 38.5 Å². The largest absolute Gasteiger partial charge is 0.481 e. The van der Waals surface area contributed by atoms with E-state index < -0.39 is 18.4 Å². The van der Waals surface area contributed by atoms with Crippen molar-refractivity contribution in [1.29, 1.82) is 0 Å². The summed E-state index contributed by atoms with van der Waals surface area (Å²) < 4.78 is 5.20. The number of nitrogens with one attached hydrogen (secondary N) is 2. The van der Waals surface area contributed by atoms with Crippen LogP contribution in [-0.2, 0) is 14.3 Å². The van der Waals surface area contributed by atoms with E-state index in [9.17, 15) is 9.59 Å². The minimum atomic E-state index is -1.14. The van der Waals surface area contributed by atoms with Gasteiger partial charge in [0.15, 0.2) is 0 Å². The lowest BCUT2D eigenvalue weighted by Gasteiger charge is -2.54. The van der Waals surface area contributed by atoms with Crippen molar-refractivity contribution in [3.63, 3.8) is 0 Å². The van der Waals surface area contributed by atoms with Crippen LogP contribution in [0.25, 0.3) is 0 Å². The minimum absolute atomic E-state index is 0.0938. The minimum Gasteiger partial charge on any atom is -0.481 e. The highest BCUT2D eigenvalue weighted by Gasteiger charge is 2.46. The number of piperidine rings is 2. The molecule has 0 spiro atoms. The van der Waals surface area contributed by atoms with Gasteiger partial charge in [-0.15, -0.1) is 0 Å². The van der Waals surface area contributed by atoms with Gasteiger partial charge in [-0.3, -0.25) is 9.59 Å². The molecule has 0 unspecified atom stereocenters. The predicted octanol–water partition coefficient (Wildman–Crippen LogP) is 4.51. The topological polar surface area (TPSA) is 87.7 Å². The summed E-state index contributed by atoms with van der Waals surface area (Å²) in [5, 5.41) is 16.4. The summed E-state index contributed by atoms with van der Waals surface area (Å²) >= 11 is 0. The van der Waals surface area contributed by atoms with Crippen molar-refractivity contribution in [3.05, 3.63) is 0 Å². The molecule has 31 heavy (non-hydrogen) atoms. The Labute approximate surface area is 189 Å². The maximum absolute atomic E-state index is 11.6. The second kappa shape index (κ2) is 9.38. The van der Waals surface area contributed by atoms with E-state index in [1.165, 1.54) is 0 Å². The van der Waals surface area contributed by atoms with Gasteiger partial charge >= 0.3 is 11.9 Å². The van der Waals surface area contributed by atoms with Gasteiger partial charge in [0.1, 0.15) is 6.42 Å². The van der Waals surface area contributed by atoms with Crippen LogP contribution in [0.4, 0.5) is 0 Å². The maximum Gasteiger partial charge on any atom is 0.317 e. The fourth-order valence-corrected chi connectivity index (χ4v) is 6.94. The molecule has 2 heterocycles. The number of hydrogen-bond acceptors (Lipinski definition) is 5. The van der Waals surface area contributed by atoms with E-state index in [0.29, 0.717) is 24.4 Å². The molecule has 0 bridgehead atoms. The van der Waals surface area contributed by atoms with Crippen molar-refractivity contribution in [2.45, 2.75) is 122 Å². The van der Waals surface area contributed by atoms with Crippen LogP contribution in [0.2, 0.25) is 0 Å². The Morgan fingerprint density at radius 3 is 1.58 bits per heavy atom. The third-order valence-corrected chi connectivity index (χ3v) is 6.89. The Morgan fingerprint density at radius 2 is 1.23 bits per heavy atom. The summed E-state index contributed by atoms with van der Waals surface area (Å²) in [7, 11) is 0. The standard InChI is InChI=1S/C25H46N2O4/c1-22(2)13-17(14-23(3,4)26-22)19(10-9-11-31-21(30)12-20(28)29)18-15-24(5,6)27-25(7,8)16-18/h17-19,26-27H,9-16H2,1-8H3,(H,28,29). The van der Waals surface area contributed by atoms with E-state index in [-0.39, 0.29) is 22.2 Å². The smallest absolute Gasteiger partial charge is 0.317 e. The molecule has 0 aliphatic carbocycles. The van der Waals surface area contributed by atoms with Crippen LogP contribution in [0.5, 0.6) is 0 Å². The van der Waals surface area contributed by atoms with E-state index in [4.69, 9.17) is 9.84 Å². The molecule has 0 aromatic heterocycles. The quantitative estimate of drug-likeness (QED) is 0.293. The van der Waals surface area contributed by atoms with Gasteiger partial charge in [0, 0.05) is 22.2 Å². The van der Waals surface area contributed by atoms with E-state index >= 15 is 0 Å². The molecule has 2 aliphatic rings. The van der Waals surface area contributed by atoms with Gasteiger partial charge in [0.2, 0.25) is 0 Å². The van der Waals surface area contributed by atoms with Crippen LogP contribution in [0.3, 0.4) is 0 Å². The third kappa shape index (κ3) is 8.38. The molecule has 0 aromatic rings. The third-order valence-electron chi connectivity index (χ3n) is 6.89. The first-order valence-electron chi connectivity index (χ1n) is 12.0. The van der Waals surface area contributed by atoms with Crippen LogP contribution >= 0.6 is 0 Å². The first kappa shape index (κ1) is 26.1. The normalized spacial score (nSPS) is 25.3. The number of carbonyl (C=O) groups excluding carboxylic acids is 1. The second-order valence-electron chi connectivity index (χ2n) is 12.7. The molecule has 0 atom stereocenters. The van der Waals surface area contributed by atoms with Crippen LogP contribution < -0.4 is 10.6 Å². The number of carbonyl (C=O) groups is 2. The van der Waals surface area contributed by atoms with Crippen LogP contribution in [0.15, 0.2) is 0 Å². The van der Waals surface area contributed by atoms with Crippen molar-refractivity contribution in [3.8, 4) is 0 Å². The van der Waals surface area contributed by atoms with E-state index in [2.05, 4.69) is 66.0 Å². The fourth-order valence-electron chi connectivity index (χ4n) is 6.94. The number of aliphatic carboxylic acids is 1. The average molecular weight is 439 g/mol. The Morgan fingerprint density at radius 1 is 0.839 bits per heavy atom. The summed E-state index contributed by atoms with van der Waals surface area (Å²) in [6.45, 7) is 18.8. The molecule has 0 amide bonds. The van der Waals surface area contributed by atoms with Crippen LogP contribution in [0, 0.1) is 17.8 Å². The van der Waals surface area contributed by atoms with Gasteiger partial charge in [-0.2, -0.15) is 0 Å². The molecule has 0 aromatic carbocycles. The number of carboxylic acids is 1. The van der Waals surface area contributed by atoms with Gasteiger partial charge in [-0.25, -0.2) is 0 Å². The zero-order chi connectivity index (χ0) is 23.7. The second-order valence-corrected chi connectivity index (χ2v) is 12.7. The Kier molecular flexibility index (Phi) is 7.90. The summed E-state index contributed by atoms with van der Waals surface area (Å²) in [5.74, 6) is -0.00986. The molecule has 6 heteroatoms. The first-order chi connectivity index (χ1) is 14.0. The molecule has 3 N–H and O–H groups in total. The molecule has 2 saturated heterocycles. The van der Waals surface area contributed by atoms with Crippen molar-refractivity contribution < 1.29 is 19.4 Å². The monoisotopic (exact) mass is 438 g/mol. The molecular formula is C25H46N2O4. The average Bonchev–Trinajstić information content (AvgIpc) is 2.47. The van der Waals surface area contributed by atoms with E-state index in [1.807, 2.05) is 0 Å². The van der Waals surface area contributed by atoms with Crippen molar-refractivity contribution in [1.82, 2.24) is 10.6 Å². The lowest BCUT2D eigenvalue weighted by molar-refractivity contribution is -0.151. The van der Waals surface area contributed by atoms with Crippen molar-refractivity contribution >= 4 is 11.9 Å². The fraction of sp³-hybridized carbons (Fsp3) is 0.920. The van der Waals surface area contributed by atoms with E-state index in [1.54, 1.807) is 0 Å². The van der Waals surface area contributed by atoms with Gasteiger partial charge < -0.3 is 20.5 Å². The summed E-state index contributed by atoms with van der Waals surface area (Å²) in [4.78, 5) is 22.3. The summed E-state index contributed by atoms with van der Waals surface area (Å²) in [5.41, 5.74) is 0.375. The van der Waals surface area contributed by atoms with Crippen LogP contribution in [0.1, 0.15) is 100 Å². The molecule has 180 valence electrons. The van der Waals surface area contributed by atoms with Gasteiger partial charge in [-0.05, 0) is 112 Å². The van der Waals surface area contributed by atoms with Gasteiger partial charge in [-0.1, -0.05) is 0 Å². The molecule has 2 aliphatic heterocycles. The molecule has 0 saturated carbocycles. The lowest BCUT2D eigenvalue weighted by Crippen LogP contribution is -2.61. The molecule has 6 nitrogen and oxygen atoms in total. The Hall–Kier alpha value is -1.14.